The van der Waals surface area contributed by atoms with E-state index < -0.39 is 11.7 Å². The number of hydrogen-bond acceptors (Lipinski definition) is 3. The summed E-state index contributed by atoms with van der Waals surface area (Å²) in [6.45, 7) is 6.37. The molecule has 0 unspecified atom stereocenters. The van der Waals surface area contributed by atoms with E-state index >= 15 is 0 Å². The highest BCUT2D eigenvalue weighted by Gasteiger charge is 2.28. The molecule has 0 radical (unpaired) electrons. The molecule has 1 rings (SSSR count). The molecule has 1 heterocycles. The Morgan fingerprint density at radius 2 is 2.14 bits per heavy atom. The third-order valence-corrected chi connectivity index (χ3v) is 1.69. The molecule has 0 saturated carbocycles. The number of carbonyl (C=O) groups excluding carboxylic acids is 2. The van der Waals surface area contributed by atoms with Crippen LogP contribution in [0.5, 0.6) is 0 Å². The summed E-state index contributed by atoms with van der Waals surface area (Å²) in [5, 5.41) is 2.58. The third kappa shape index (κ3) is 2.90. The van der Waals surface area contributed by atoms with Crippen molar-refractivity contribution in [3.05, 3.63) is 0 Å². The van der Waals surface area contributed by atoms with Crippen molar-refractivity contribution >= 4 is 12.1 Å². The standard InChI is InChI=1S/C9H16N2O3/c1-9(2,3)14-8(13)11-6-4-5-10-7(11)12/h4-6H2,1-3H3,(H,10,12). The molecule has 0 atom stereocenters. The molecule has 1 fully saturated rings. The van der Waals surface area contributed by atoms with E-state index in [0.29, 0.717) is 13.1 Å². The van der Waals surface area contributed by atoms with E-state index in [1.165, 1.54) is 0 Å². The van der Waals surface area contributed by atoms with Crippen LogP contribution in [0.3, 0.4) is 0 Å². The fourth-order valence-corrected chi connectivity index (χ4v) is 1.12. The molecule has 80 valence electrons. The molecule has 1 saturated heterocycles. The maximum absolute atomic E-state index is 11.5. The minimum atomic E-state index is -0.574. The largest absolute Gasteiger partial charge is 0.443 e. The number of nitrogens with one attached hydrogen (secondary N) is 1. The van der Waals surface area contributed by atoms with Gasteiger partial charge in [0.05, 0.1) is 0 Å². The predicted molar refractivity (Wildman–Crippen MR) is 51.0 cm³/mol. The molecule has 5 nitrogen and oxygen atoms in total. The van der Waals surface area contributed by atoms with Crippen molar-refractivity contribution in [3.8, 4) is 0 Å². The van der Waals surface area contributed by atoms with Crippen LogP contribution in [0.25, 0.3) is 0 Å². The average Bonchev–Trinajstić information content (AvgIpc) is 2.01. The molecule has 0 aliphatic carbocycles. The van der Waals surface area contributed by atoms with Gasteiger partial charge < -0.3 is 10.1 Å². The van der Waals surface area contributed by atoms with Crippen molar-refractivity contribution in [3.63, 3.8) is 0 Å². The van der Waals surface area contributed by atoms with Gasteiger partial charge in [0.2, 0.25) is 0 Å². The van der Waals surface area contributed by atoms with Crippen molar-refractivity contribution in [2.24, 2.45) is 0 Å². The van der Waals surface area contributed by atoms with Crippen LogP contribution in [0.1, 0.15) is 27.2 Å². The van der Waals surface area contributed by atoms with Gasteiger partial charge >= 0.3 is 12.1 Å². The van der Waals surface area contributed by atoms with Crippen LogP contribution >= 0.6 is 0 Å². The zero-order valence-electron chi connectivity index (χ0n) is 8.79. The number of rotatable bonds is 0. The Hall–Kier alpha value is -1.26. The molecule has 0 spiro atoms. The SMILES string of the molecule is CC(C)(C)OC(=O)N1CCCNC1=O. The molecule has 1 aliphatic heterocycles. The molecule has 14 heavy (non-hydrogen) atoms. The second-order valence-corrected chi connectivity index (χ2v) is 4.22. The summed E-state index contributed by atoms with van der Waals surface area (Å²) >= 11 is 0. The van der Waals surface area contributed by atoms with Gasteiger partial charge in [-0.05, 0) is 27.2 Å². The van der Waals surface area contributed by atoms with Crippen molar-refractivity contribution < 1.29 is 14.3 Å². The van der Waals surface area contributed by atoms with Gasteiger partial charge in [-0.15, -0.1) is 0 Å². The van der Waals surface area contributed by atoms with E-state index in [0.717, 1.165) is 11.3 Å². The highest BCUT2D eigenvalue weighted by atomic mass is 16.6. The number of carbonyl (C=O) groups is 2. The minimum absolute atomic E-state index is 0.370. The third-order valence-electron chi connectivity index (χ3n) is 1.69. The first-order valence-corrected chi connectivity index (χ1v) is 4.68. The van der Waals surface area contributed by atoms with Gasteiger partial charge in [-0.3, -0.25) is 0 Å². The molecule has 0 aromatic rings. The van der Waals surface area contributed by atoms with Crippen LogP contribution < -0.4 is 5.32 Å². The monoisotopic (exact) mass is 200 g/mol. The van der Waals surface area contributed by atoms with E-state index in [4.69, 9.17) is 4.74 Å². The van der Waals surface area contributed by atoms with Crippen molar-refractivity contribution in [1.82, 2.24) is 10.2 Å². The number of ether oxygens (including phenoxy) is 1. The molecule has 1 aliphatic rings. The Bertz CT molecular complexity index is 245. The highest BCUT2D eigenvalue weighted by molar-refractivity contribution is 5.91. The highest BCUT2D eigenvalue weighted by Crippen LogP contribution is 2.11. The Kier molecular flexibility index (Phi) is 2.98. The lowest BCUT2D eigenvalue weighted by molar-refractivity contribution is 0.0304. The van der Waals surface area contributed by atoms with E-state index in [2.05, 4.69) is 5.32 Å². The maximum Gasteiger partial charge on any atom is 0.418 e. The zero-order valence-corrected chi connectivity index (χ0v) is 8.79. The molecule has 5 heteroatoms. The fourth-order valence-electron chi connectivity index (χ4n) is 1.12. The van der Waals surface area contributed by atoms with E-state index in [1.807, 2.05) is 0 Å². The molecule has 0 aromatic heterocycles. The quantitative estimate of drug-likeness (QED) is 0.641. The Morgan fingerprint density at radius 3 is 2.64 bits per heavy atom. The van der Waals surface area contributed by atoms with Crippen molar-refractivity contribution in [2.75, 3.05) is 13.1 Å². The number of hydrogen-bond donors (Lipinski definition) is 1. The first-order chi connectivity index (χ1) is 6.40. The lowest BCUT2D eigenvalue weighted by Crippen LogP contribution is -2.50. The zero-order chi connectivity index (χ0) is 10.8. The summed E-state index contributed by atoms with van der Waals surface area (Å²) in [5.74, 6) is 0. The lowest BCUT2D eigenvalue weighted by Gasteiger charge is -2.28. The molecular weight excluding hydrogens is 184 g/mol. The summed E-state index contributed by atoms with van der Waals surface area (Å²) in [4.78, 5) is 23.8. The summed E-state index contributed by atoms with van der Waals surface area (Å²) in [5.41, 5.74) is -0.561. The second-order valence-electron chi connectivity index (χ2n) is 4.22. The Morgan fingerprint density at radius 1 is 1.50 bits per heavy atom. The Labute approximate surface area is 83.4 Å². The molecule has 1 N–H and O–H groups in total. The van der Waals surface area contributed by atoms with E-state index in [9.17, 15) is 9.59 Å². The molecule has 3 amide bonds. The number of nitrogens with zero attached hydrogens (tertiary/aromatic N) is 1. The van der Waals surface area contributed by atoms with Gasteiger partial charge in [-0.25, -0.2) is 14.5 Å². The van der Waals surface area contributed by atoms with Crippen LogP contribution in [0.2, 0.25) is 0 Å². The van der Waals surface area contributed by atoms with E-state index in [-0.39, 0.29) is 6.03 Å². The number of imide groups is 1. The normalized spacial score (nSPS) is 17.6. The topological polar surface area (TPSA) is 58.6 Å². The maximum atomic E-state index is 11.5. The van der Waals surface area contributed by atoms with Crippen LogP contribution in [0.4, 0.5) is 9.59 Å². The van der Waals surface area contributed by atoms with Gasteiger partial charge in [0.1, 0.15) is 5.60 Å². The smallest absolute Gasteiger partial charge is 0.418 e. The van der Waals surface area contributed by atoms with Crippen molar-refractivity contribution in [1.29, 1.82) is 0 Å². The second kappa shape index (κ2) is 3.86. The number of amides is 3. The van der Waals surface area contributed by atoms with Crippen LogP contribution in [0.15, 0.2) is 0 Å². The minimum Gasteiger partial charge on any atom is -0.443 e. The molecule has 0 bridgehead atoms. The van der Waals surface area contributed by atoms with Gasteiger partial charge in [0.25, 0.3) is 0 Å². The van der Waals surface area contributed by atoms with Crippen molar-refractivity contribution in [2.45, 2.75) is 32.8 Å². The van der Waals surface area contributed by atoms with Gasteiger partial charge in [-0.2, -0.15) is 0 Å². The molecular formula is C9H16N2O3. The summed E-state index contributed by atoms with van der Waals surface area (Å²) in [7, 11) is 0. The van der Waals surface area contributed by atoms with Crippen LogP contribution in [-0.4, -0.2) is 35.7 Å². The fraction of sp³-hybridized carbons (Fsp3) is 0.778. The summed E-state index contributed by atoms with van der Waals surface area (Å²) in [6.07, 6.45) is 0.194. The van der Waals surface area contributed by atoms with Crippen LogP contribution in [0, 0.1) is 0 Å². The van der Waals surface area contributed by atoms with Gasteiger partial charge in [-0.1, -0.05) is 0 Å². The van der Waals surface area contributed by atoms with Crippen LogP contribution in [-0.2, 0) is 4.74 Å². The van der Waals surface area contributed by atoms with Gasteiger partial charge in [0.15, 0.2) is 0 Å². The van der Waals surface area contributed by atoms with Gasteiger partial charge in [0, 0.05) is 13.1 Å². The summed E-state index contributed by atoms with van der Waals surface area (Å²) < 4.78 is 5.07. The first kappa shape index (κ1) is 10.8. The molecule has 0 aromatic carbocycles. The predicted octanol–water partition coefficient (Wildman–Crippen LogP) is 1.34. The Balaban J connectivity index is 2.55. The first-order valence-electron chi connectivity index (χ1n) is 4.68. The van der Waals surface area contributed by atoms with E-state index in [1.54, 1.807) is 20.8 Å². The summed E-state index contributed by atoms with van der Waals surface area (Å²) in [6, 6.07) is -0.370. The average molecular weight is 200 g/mol. The number of urea groups is 1. The lowest BCUT2D eigenvalue weighted by atomic mass is 10.2.